The molecule has 2 saturated heterocycles. The van der Waals surface area contributed by atoms with Gasteiger partial charge in [0.1, 0.15) is 29.9 Å². The lowest BCUT2D eigenvalue weighted by atomic mass is 9.92. The van der Waals surface area contributed by atoms with Crippen molar-refractivity contribution in [3.63, 3.8) is 0 Å². The first kappa shape index (κ1) is 24.2. The van der Waals surface area contributed by atoms with E-state index in [-0.39, 0.29) is 11.9 Å². The van der Waals surface area contributed by atoms with Crippen LogP contribution in [-0.2, 0) is 9.53 Å². The number of rotatable bonds is 9. The highest BCUT2D eigenvalue weighted by Gasteiger charge is 2.48. The minimum atomic E-state index is -1.36. The summed E-state index contributed by atoms with van der Waals surface area (Å²) in [4.78, 5) is 12.8. The Hall–Kier alpha value is -0.0900. The molecule has 0 aromatic carbocycles. The van der Waals surface area contributed by atoms with E-state index in [2.05, 4.69) is 17.6 Å². The number of aliphatic hydroxyl groups excluding tert-OH is 3. The molecule has 0 bridgehead atoms. The van der Waals surface area contributed by atoms with Crippen LogP contribution in [0, 0.1) is 5.92 Å². The lowest BCUT2D eigenvalue weighted by molar-refractivity contribution is -0.205. The molecule has 0 aromatic rings. The number of amides is 1. The molecule has 0 aromatic heterocycles. The number of unbranched alkanes of at least 4 members (excludes halogenated alkanes) is 2. The summed E-state index contributed by atoms with van der Waals surface area (Å²) < 4.78 is 5.79. The van der Waals surface area contributed by atoms with Crippen LogP contribution in [0.4, 0.5) is 0 Å². The van der Waals surface area contributed by atoms with Crippen LogP contribution in [-0.4, -0.2) is 81.3 Å². The predicted octanol–water partition coefficient (Wildman–Crippen LogP) is 0.828. The molecule has 2 aliphatic heterocycles. The van der Waals surface area contributed by atoms with Crippen molar-refractivity contribution in [3.05, 3.63) is 0 Å². The van der Waals surface area contributed by atoms with Crippen LogP contribution < -0.4 is 10.6 Å². The van der Waals surface area contributed by atoms with Gasteiger partial charge in [0.05, 0.1) is 17.5 Å². The first-order chi connectivity index (χ1) is 13.3. The number of carbonyl (C=O) groups excluding carboxylic acids is 1. The van der Waals surface area contributed by atoms with Crippen molar-refractivity contribution in [2.75, 3.05) is 12.8 Å². The molecule has 3 unspecified atom stereocenters. The van der Waals surface area contributed by atoms with Crippen LogP contribution in [0.3, 0.4) is 0 Å². The number of hydrogen-bond donors (Lipinski definition) is 5. The zero-order chi connectivity index (χ0) is 20.8. The lowest BCUT2D eigenvalue weighted by Crippen LogP contribution is -2.65. The average molecular weight is 439 g/mol. The Balaban J connectivity index is 1.98. The standard InChI is InChI=1S/C19H35ClN2O5S/c1-4-5-6-7-11-8-12(21-9-11)18(26)22-13(10(2)20)17-15(24)14(23)16(25)19(27-17)28-3/h10-17,19,21,23-25H,4-9H2,1-3H3,(H,22,26)/t10?,11?,12-,13?,14-,15+,16+,17+,19+/m0/s1. The number of thioether (sulfide) groups is 1. The van der Waals surface area contributed by atoms with Crippen molar-refractivity contribution in [3.8, 4) is 0 Å². The molecule has 0 aliphatic carbocycles. The summed E-state index contributed by atoms with van der Waals surface area (Å²) in [5, 5.41) is 36.3. The van der Waals surface area contributed by atoms with Gasteiger partial charge in [-0.05, 0) is 38.5 Å². The third-order valence-electron chi connectivity index (χ3n) is 5.75. The third kappa shape index (κ3) is 5.97. The first-order valence-corrected chi connectivity index (χ1v) is 11.9. The minimum absolute atomic E-state index is 0.174. The van der Waals surface area contributed by atoms with Gasteiger partial charge in [0.2, 0.25) is 5.91 Å². The molecule has 0 spiro atoms. The van der Waals surface area contributed by atoms with Gasteiger partial charge in [-0.1, -0.05) is 26.2 Å². The van der Waals surface area contributed by atoms with Crippen molar-refractivity contribution >= 4 is 29.3 Å². The molecule has 164 valence electrons. The lowest BCUT2D eigenvalue weighted by Gasteiger charge is -2.44. The Morgan fingerprint density at radius 3 is 2.61 bits per heavy atom. The van der Waals surface area contributed by atoms with Gasteiger partial charge in [-0.2, -0.15) is 0 Å². The molecule has 7 nitrogen and oxygen atoms in total. The van der Waals surface area contributed by atoms with Crippen LogP contribution >= 0.6 is 23.4 Å². The van der Waals surface area contributed by atoms with E-state index >= 15 is 0 Å². The number of alkyl halides is 1. The summed E-state index contributed by atoms with van der Waals surface area (Å²) in [7, 11) is 0. The quantitative estimate of drug-likeness (QED) is 0.268. The molecule has 2 rings (SSSR count). The minimum Gasteiger partial charge on any atom is -0.388 e. The topological polar surface area (TPSA) is 111 Å². The van der Waals surface area contributed by atoms with Crippen molar-refractivity contribution < 1.29 is 24.9 Å². The van der Waals surface area contributed by atoms with E-state index in [0.29, 0.717) is 5.92 Å². The van der Waals surface area contributed by atoms with E-state index in [1.54, 1.807) is 13.2 Å². The number of hydrogen-bond acceptors (Lipinski definition) is 7. The fourth-order valence-electron chi connectivity index (χ4n) is 4.00. The molecular formula is C19H35ClN2O5S. The fraction of sp³-hybridized carbons (Fsp3) is 0.947. The molecule has 5 N–H and O–H groups in total. The van der Waals surface area contributed by atoms with E-state index in [1.807, 2.05) is 0 Å². The number of nitrogens with one attached hydrogen (secondary N) is 2. The van der Waals surface area contributed by atoms with Gasteiger partial charge in [0.25, 0.3) is 0 Å². The molecule has 9 atom stereocenters. The summed E-state index contributed by atoms with van der Waals surface area (Å²) in [6.07, 6.45) is 2.39. The van der Waals surface area contributed by atoms with Crippen LogP contribution in [0.15, 0.2) is 0 Å². The summed E-state index contributed by atoms with van der Waals surface area (Å²) in [5.74, 6) is 0.316. The van der Waals surface area contributed by atoms with Crippen molar-refractivity contribution in [2.24, 2.45) is 5.92 Å². The molecule has 2 aliphatic rings. The second kappa shape index (κ2) is 11.3. The fourth-order valence-corrected chi connectivity index (χ4v) is 4.89. The zero-order valence-corrected chi connectivity index (χ0v) is 18.5. The molecule has 1 amide bonds. The van der Waals surface area contributed by atoms with Crippen LogP contribution in [0.1, 0.15) is 46.0 Å². The first-order valence-electron chi connectivity index (χ1n) is 10.2. The highest BCUT2D eigenvalue weighted by molar-refractivity contribution is 7.99. The zero-order valence-electron chi connectivity index (χ0n) is 16.9. The highest BCUT2D eigenvalue weighted by Crippen LogP contribution is 2.30. The Kier molecular flexibility index (Phi) is 9.80. The molecule has 28 heavy (non-hydrogen) atoms. The molecule has 0 radical (unpaired) electrons. The molecule has 0 saturated carbocycles. The molecule has 2 fully saturated rings. The number of ether oxygens (including phenoxy) is 1. The Bertz CT molecular complexity index is 499. The van der Waals surface area contributed by atoms with Gasteiger partial charge in [-0.15, -0.1) is 23.4 Å². The maximum Gasteiger partial charge on any atom is 0.237 e. The molecule has 9 heteroatoms. The van der Waals surface area contributed by atoms with Gasteiger partial charge in [0, 0.05) is 0 Å². The normalized spacial score (nSPS) is 38.2. The SMILES string of the molecule is CCCCCC1CN[C@H](C(=O)NC(C(C)Cl)[C@H]2O[C@H](SC)[C@H](O)[C@@H](O)[C@H]2O)C1. The summed E-state index contributed by atoms with van der Waals surface area (Å²) in [6, 6.07) is -0.987. The summed E-state index contributed by atoms with van der Waals surface area (Å²) >= 11 is 7.54. The highest BCUT2D eigenvalue weighted by atomic mass is 35.5. The second-order valence-electron chi connectivity index (χ2n) is 7.95. The van der Waals surface area contributed by atoms with Crippen LogP contribution in [0.5, 0.6) is 0 Å². The van der Waals surface area contributed by atoms with Crippen molar-refractivity contribution in [2.45, 2.75) is 93.3 Å². The summed E-state index contributed by atoms with van der Waals surface area (Å²) in [5.41, 5.74) is -0.703. The third-order valence-corrected chi connectivity index (χ3v) is 6.88. The van der Waals surface area contributed by atoms with Gasteiger partial charge in [0.15, 0.2) is 0 Å². The number of halogens is 1. The van der Waals surface area contributed by atoms with E-state index in [4.69, 9.17) is 16.3 Å². The van der Waals surface area contributed by atoms with E-state index < -0.39 is 41.3 Å². The van der Waals surface area contributed by atoms with E-state index in [9.17, 15) is 20.1 Å². The maximum absolute atomic E-state index is 12.8. The number of carbonyl (C=O) groups is 1. The van der Waals surface area contributed by atoms with Gasteiger partial charge < -0.3 is 30.7 Å². The smallest absolute Gasteiger partial charge is 0.237 e. The number of aliphatic hydroxyl groups is 3. The van der Waals surface area contributed by atoms with Crippen molar-refractivity contribution in [1.82, 2.24) is 10.6 Å². The van der Waals surface area contributed by atoms with Crippen molar-refractivity contribution in [1.29, 1.82) is 0 Å². The van der Waals surface area contributed by atoms with Gasteiger partial charge in [-0.3, -0.25) is 4.79 Å². The van der Waals surface area contributed by atoms with Crippen LogP contribution in [0.25, 0.3) is 0 Å². The van der Waals surface area contributed by atoms with Gasteiger partial charge >= 0.3 is 0 Å². The maximum atomic E-state index is 12.8. The van der Waals surface area contributed by atoms with E-state index in [0.717, 1.165) is 19.4 Å². The Morgan fingerprint density at radius 1 is 1.29 bits per heavy atom. The largest absolute Gasteiger partial charge is 0.388 e. The Morgan fingerprint density at radius 2 is 2.00 bits per heavy atom. The van der Waals surface area contributed by atoms with E-state index in [1.165, 1.54) is 31.0 Å². The molecular weight excluding hydrogens is 404 g/mol. The van der Waals surface area contributed by atoms with Gasteiger partial charge in [-0.25, -0.2) is 0 Å². The monoisotopic (exact) mass is 438 g/mol. The predicted molar refractivity (Wildman–Crippen MR) is 111 cm³/mol. The second-order valence-corrected chi connectivity index (χ2v) is 9.57. The average Bonchev–Trinajstić information content (AvgIpc) is 3.14. The van der Waals surface area contributed by atoms with Crippen LogP contribution in [0.2, 0.25) is 0 Å². The molecule has 2 heterocycles. The summed E-state index contributed by atoms with van der Waals surface area (Å²) in [6.45, 7) is 4.71. The Labute approximate surface area is 176 Å².